The van der Waals surface area contributed by atoms with Gasteiger partial charge in [0.05, 0.1) is 6.42 Å². The van der Waals surface area contributed by atoms with Gasteiger partial charge in [-0.2, -0.15) is 0 Å². The Kier molecular flexibility index (Phi) is 6.00. The van der Waals surface area contributed by atoms with Crippen LogP contribution < -0.4 is 4.90 Å². The first kappa shape index (κ1) is 15.8. The Morgan fingerprint density at radius 1 is 1.05 bits per heavy atom. The van der Waals surface area contributed by atoms with Crippen LogP contribution in [0.15, 0.2) is 59.1 Å². The summed E-state index contributed by atoms with van der Waals surface area (Å²) in [5.74, 6) is 0.150. The van der Waals surface area contributed by atoms with Gasteiger partial charge < -0.3 is 4.90 Å². The van der Waals surface area contributed by atoms with Crippen LogP contribution in [0.25, 0.3) is 0 Å². The number of carbonyl (C=O) groups excluding carboxylic acids is 1. The van der Waals surface area contributed by atoms with Gasteiger partial charge in [-0.05, 0) is 36.2 Å². The minimum absolute atomic E-state index is 0.150. The second-order valence-electron chi connectivity index (χ2n) is 5.04. The minimum Gasteiger partial charge on any atom is -0.312 e. The van der Waals surface area contributed by atoms with Gasteiger partial charge in [0.2, 0.25) is 5.91 Å². The second-order valence-corrected chi connectivity index (χ2v) is 5.95. The van der Waals surface area contributed by atoms with Gasteiger partial charge >= 0.3 is 0 Å². The van der Waals surface area contributed by atoms with Crippen LogP contribution in [0.4, 0.5) is 5.69 Å². The van der Waals surface area contributed by atoms with Crippen molar-refractivity contribution >= 4 is 27.5 Å². The van der Waals surface area contributed by atoms with E-state index in [0.717, 1.165) is 35.1 Å². The maximum absolute atomic E-state index is 12.6. The number of benzene rings is 2. The van der Waals surface area contributed by atoms with E-state index in [1.165, 1.54) is 0 Å². The Hall–Kier alpha value is -1.61. The second kappa shape index (κ2) is 7.99. The topological polar surface area (TPSA) is 20.3 Å². The van der Waals surface area contributed by atoms with E-state index in [1.807, 2.05) is 59.5 Å². The van der Waals surface area contributed by atoms with E-state index in [0.29, 0.717) is 6.42 Å². The number of unbranched alkanes of at least 4 members (excludes halogenated alkanes) is 1. The standard InChI is InChI=1S/C18H20BrNO/c1-2-3-13-20(17-7-5-4-6-8-17)18(21)14-15-9-11-16(19)12-10-15/h4-12H,2-3,13-14H2,1H3. The fraction of sp³-hybridized carbons (Fsp3) is 0.278. The van der Waals surface area contributed by atoms with Crippen LogP contribution in [0.3, 0.4) is 0 Å². The highest BCUT2D eigenvalue weighted by atomic mass is 79.9. The van der Waals surface area contributed by atoms with Crippen LogP contribution in [0, 0.1) is 0 Å². The number of rotatable bonds is 6. The Morgan fingerprint density at radius 3 is 2.33 bits per heavy atom. The lowest BCUT2D eigenvalue weighted by atomic mass is 10.1. The van der Waals surface area contributed by atoms with Crippen LogP contribution in [-0.2, 0) is 11.2 Å². The molecule has 1 amide bonds. The van der Waals surface area contributed by atoms with E-state index >= 15 is 0 Å². The average Bonchev–Trinajstić information content (AvgIpc) is 2.51. The molecular weight excluding hydrogens is 326 g/mol. The third-order valence-electron chi connectivity index (χ3n) is 3.37. The molecular formula is C18H20BrNO. The molecule has 0 bridgehead atoms. The van der Waals surface area contributed by atoms with Crippen LogP contribution in [0.1, 0.15) is 25.3 Å². The van der Waals surface area contributed by atoms with Gasteiger partial charge in [0.15, 0.2) is 0 Å². The molecule has 0 saturated heterocycles. The van der Waals surface area contributed by atoms with Gasteiger partial charge in [0.1, 0.15) is 0 Å². The largest absolute Gasteiger partial charge is 0.312 e. The summed E-state index contributed by atoms with van der Waals surface area (Å²) in [7, 11) is 0. The zero-order valence-electron chi connectivity index (χ0n) is 12.3. The lowest BCUT2D eigenvalue weighted by molar-refractivity contribution is -0.118. The molecule has 0 atom stereocenters. The van der Waals surface area contributed by atoms with Crippen molar-refractivity contribution in [2.75, 3.05) is 11.4 Å². The molecule has 0 unspecified atom stereocenters. The van der Waals surface area contributed by atoms with Crippen LogP contribution in [-0.4, -0.2) is 12.5 Å². The van der Waals surface area contributed by atoms with E-state index in [9.17, 15) is 4.79 Å². The van der Waals surface area contributed by atoms with E-state index in [-0.39, 0.29) is 5.91 Å². The molecule has 0 aliphatic heterocycles. The van der Waals surface area contributed by atoms with Crippen LogP contribution in [0.2, 0.25) is 0 Å². The molecule has 110 valence electrons. The number of halogens is 1. The molecule has 2 rings (SSSR count). The number of nitrogens with zero attached hydrogens (tertiary/aromatic N) is 1. The molecule has 21 heavy (non-hydrogen) atoms. The van der Waals surface area contributed by atoms with Crippen molar-refractivity contribution < 1.29 is 4.79 Å². The van der Waals surface area contributed by atoms with Gasteiger partial charge in [-0.15, -0.1) is 0 Å². The zero-order valence-corrected chi connectivity index (χ0v) is 13.8. The molecule has 2 aromatic rings. The Labute approximate surface area is 134 Å². The summed E-state index contributed by atoms with van der Waals surface area (Å²) in [6, 6.07) is 17.8. The van der Waals surface area contributed by atoms with Gasteiger partial charge in [-0.25, -0.2) is 0 Å². The molecule has 0 radical (unpaired) electrons. The first-order valence-corrected chi connectivity index (χ1v) is 8.10. The smallest absolute Gasteiger partial charge is 0.231 e. The zero-order chi connectivity index (χ0) is 15.1. The summed E-state index contributed by atoms with van der Waals surface area (Å²) in [4.78, 5) is 14.5. The monoisotopic (exact) mass is 345 g/mol. The number of amides is 1. The number of anilines is 1. The van der Waals surface area contributed by atoms with Crippen molar-refractivity contribution in [1.82, 2.24) is 0 Å². The number of para-hydroxylation sites is 1. The summed E-state index contributed by atoms with van der Waals surface area (Å²) < 4.78 is 1.03. The lowest BCUT2D eigenvalue weighted by Gasteiger charge is -2.23. The van der Waals surface area contributed by atoms with Crippen molar-refractivity contribution in [2.24, 2.45) is 0 Å². The number of hydrogen-bond donors (Lipinski definition) is 0. The van der Waals surface area contributed by atoms with Gasteiger partial charge in [0, 0.05) is 16.7 Å². The fourth-order valence-corrected chi connectivity index (χ4v) is 2.46. The SMILES string of the molecule is CCCCN(C(=O)Cc1ccc(Br)cc1)c1ccccc1. The van der Waals surface area contributed by atoms with Gasteiger partial charge in [-0.3, -0.25) is 4.79 Å². The normalized spacial score (nSPS) is 10.4. The van der Waals surface area contributed by atoms with Crippen molar-refractivity contribution in [3.8, 4) is 0 Å². The average molecular weight is 346 g/mol. The third kappa shape index (κ3) is 4.71. The summed E-state index contributed by atoms with van der Waals surface area (Å²) in [6.45, 7) is 2.91. The highest BCUT2D eigenvalue weighted by Gasteiger charge is 2.15. The Morgan fingerprint density at radius 2 is 1.71 bits per heavy atom. The molecule has 0 saturated carbocycles. The molecule has 0 aliphatic rings. The molecule has 0 aliphatic carbocycles. The molecule has 0 aromatic heterocycles. The van der Waals surface area contributed by atoms with Crippen LogP contribution >= 0.6 is 15.9 Å². The van der Waals surface area contributed by atoms with Crippen molar-refractivity contribution in [2.45, 2.75) is 26.2 Å². The maximum atomic E-state index is 12.6. The highest BCUT2D eigenvalue weighted by Crippen LogP contribution is 2.17. The summed E-state index contributed by atoms with van der Waals surface area (Å²) >= 11 is 3.42. The highest BCUT2D eigenvalue weighted by molar-refractivity contribution is 9.10. The van der Waals surface area contributed by atoms with Crippen molar-refractivity contribution in [1.29, 1.82) is 0 Å². The van der Waals surface area contributed by atoms with E-state index in [2.05, 4.69) is 22.9 Å². The van der Waals surface area contributed by atoms with Gasteiger partial charge in [0.25, 0.3) is 0 Å². The van der Waals surface area contributed by atoms with Crippen molar-refractivity contribution in [3.05, 3.63) is 64.6 Å². The molecule has 2 aromatic carbocycles. The maximum Gasteiger partial charge on any atom is 0.231 e. The fourth-order valence-electron chi connectivity index (χ4n) is 2.19. The predicted molar refractivity (Wildman–Crippen MR) is 91.5 cm³/mol. The number of carbonyl (C=O) groups is 1. The van der Waals surface area contributed by atoms with E-state index in [1.54, 1.807) is 0 Å². The first-order chi connectivity index (χ1) is 10.2. The quantitative estimate of drug-likeness (QED) is 0.734. The first-order valence-electron chi connectivity index (χ1n) is 7.30. The minimum atomic E-state index is 0.150. The molecule has 0 fully saturated rings. The molecule has 0 spiro atoms. The summed E-state index contributed by atoms with van der Waals surface area (Å²) in [6.07, 6.45) is 2.53. The molecule has 3 heteroatoms. The summed E-state index contributed by atoms with van der Waals surface area (Å²) in [5, 5.41) is 0. The molecule has 2 nitrogen and oxygen atoms in total. The molecule has 0 N–H and O–H groups in total. The molecule has 0 heterocycles. The lowest BCUT2D eigenvalue weighted by Crippen LogP contribution is -2.33. The predicted octanol–water partition coefficient (Wildman–Crippen LogP) is 4.82. The van der Waals surface area contributed by atoms with E-state index < -0.39 is 0 Å². The Balaban J connectivity index is 2.12. The van der Waals surface area contributed by atoms with Crippen LogP contribution in [0.5, 0.6) is 0 Å². The number of hydrogen-bond acceptors (Lipinski definition) is 1. The van der Waals surface area contributed by atoms with E-state index in [4.69, 9.17) is 0 Å². The van der Waals surface area contributed by atoms with Gasteiger partial charge in [-0.1, -0.05) is 59.6 Å². The summed E-state index contributed by atoms with van der Waals surface area (Å²) in [5.41, 5.74) is 2.02. The Bertz CT molecular complexity index is 566. The van der Waals surface area contributed by atoms with Crippen molar-refractivity contribution in [3.63, 3.8) is 0 Å². The third-order valence-corrected chi connectivity index (χ3v) is 3.90.